The average Bonchev–Trinajstić information content (AvgIpc) is 3.44. The molecule has 1 atom stereocenters. The van der Waals surface area contributed by atoms with Crippen LogP contribution in [0.25, 0.3) is 11.0 Å². The van der Waals surface area contributed by atoms with E-state index in [1.165, 1.54) is 36.6 Å². The predicted octanol–water partition coefficient (Wildman–Crippen LogP) is 5.16. The maximum atomic E-state index is 13.5. The molecule has 0 unspecified atom stereocenters. The summed E-state index contributed by atoms with van der Waals surface area (Å²) in [5, 5.41) is 13.5. The van der Waals surface area contributed by atoms with Gasteiger partial charge in [-0.2, -0.15) is 5.01 Å². The highest BCUT2D eigenvalue weighted by molar-refractivity contribution is 7.90. The Labute approximate surface area is 255 Å². The van der Waals surface area contributed by atoms with Crippen molar-refractivity contribution in [3.8, 4) is 0 Å². The van der Waals surface area contributed by atoms with Gasteiger partial charge in [-0.15, -0.1) is 4.91 Å². The Kier molecular flexibility index (Phi) is 8.28. The van der Waals surface area contributed by atoms with Crippen molar-refractivity contribution in [1.29, 1.82) is 0 Å². The topological polar surface area (TPSA) is 155 Å². The molecular formula is C29H23Cl2N3O8S. The number of carbonyl (C=O) groups is 3. The molecule has 0 spiro atoms. The molecule has 1 aliphatic heterocycles. The first-order valence-electron chi connectivity index (χ1n) is 12.8. The fraction of sp³-hybridized carbons (Fsp3) is 0.207. The van der Waals surface area contributed by atoms with Crippen LogP contribution in [0.1, 0.15) is 37.4 Å². The largest absolute Gasteiger partial charge is 0.480 e. The summed E-state index contributed by atoms with van der Waals surface area (Å²) in [6.07, 6.45) is 2.38. The van der Waals surface area contributed by atoms with Crippen LogP contribution in [0.3, 0.4) is 0 Å². The zero-order chi connectivity index (χ0) is 31.1. The standard InChI is InChI=1S/C29H23Cl2N3O8S/c1-43(40,41)20-4-2-3-16(11-20)12-23(29(37)38)34(32-39)28(36)25-22(30)13-19-15-33(9-7-21(19)26(25)31)27(35)18-6-5-17-8-10-42-24(17)14-18/h2-6,8,10-11,13-14,23H,7,9,12,15H2,1H3,(H,37,38)/t23-/m0/s1. The lowest BCUT2D eigenvalue weighted by Crippen LogP contribution is -2.43. The summed E-state index contributed by atoms with van der Waals surface area (Å²) in [7, 11) is -3.60. The first-order chi connectivity index (χ1) is 20.4. The number of nitroso groups, excluding NO2 is 1. The Hall–Kier alpha value is -4.26. The first-order valence-corrected chi connectivity index (χ1v) is 15.5. The van der Waals surface area contributed by atoms with Crippen molar-refractivity contribution in [2.75, 3.05) is 12.8 Å². The molecule has 14 heteroatoms. The van der Waals surface area contributed by atoms with Crippen LogP contribution in [0, 0.1) is 4.91 Å². The SMILES string of the molecule is CS(=O)(=O)c1cccc(C[C@@H](C(=O)O)N(N=O)C(=O)c2c(Cl)cc3c(c2Cl)CCN(C(=O)c2ccc4ccoc4c2)C3)c1. The third-order valence-corrected chi connectivity index (χ3v) is 9.07. The highest BCUT2D eigenvalue weighted by Crippen LogP contribution is 2.36. The lowest BCUT2D eigenvalue weighted by Gasteiger charge is -2.31. The van der Waals surface area contributed by atoms with E-state index >= 15 is 0 Å². The molecule has 43 heavy (non-hydrogen) atoms. The molecule has 0 fully saturated rings. The number of carbonyl (C=O) groups excluding carboxylic acids is 2. The van der Waals surface area contributed by atoms with Crippen LogP contribution in [-0.2, 0) is 34.0 Å². The lowest BCUT2D eigenvalue weighted by atomic mass is 9.95. The summed E-state index contributed by atoms with van der Waals surface area (Å²) < 4.78 is 29.3. The highest BCUT2D eigenvalue weighted by Gasteiger charge is 2.36. The van der Waals surface area contributed by atoms with Crippen molar-refractivity contribution in [2.45, 2.75) is 30.3 Å². The van der Waals surface area contributed by atoms with Crippen LogP contribution >= 0.6 is 23.2 Å². The Morgan fingerprint density at radius 3 is 2.58 bits per heavy atom. The molecule has 11 nitrogen and oxygen atoms in total. The number of halogens is 2. The Morgan fingerprint density at radius 2 is 1.88 bits per heavy atom. The Morgan fingerprint density at radius 1 is 1.12 bits per heavy atom. The predicted molar refractivity (Wildman–Crippen MR) is 158 cm³/mol. The second-order valence-corrected chi connectivity index (χ2v) is 12.8. The molecule has 0 bridgehead atoms. The number of carboxylic acid groups (broad SMARTS) is 1. The van der Waals surface area contributed by atoms with Crippen molar-refractivity contribution >= 4 is 61.8 Å². The van der Waals surface area contributed by atoms with Crippen molar-refractivity contribution in [3.63, 3.8) is 0 Å². The van der Waals surface area contributed by atoms with E-state index in [1.54, 1.807) is 29.2 Å². The first kappa shape index (κ1) is 30.2. The third kappa shape index (κ3) is 5.99. The molecule has 2 amide bonds. The van der Waals surface area contributed by atoms with Gasteiger partial charge >= 0.3 is 5.97 Å². The zero-order valence-electron chi connectivity index (χ0n) is 22.5. The number of fused-ring (bicyclic) bond motifs is 2. The number of sulfone groups is 1. The minimum atomic E-state index is -3.60. The van der Waals surface area contributed by atoms with Gasteiger partial charge in [0.15, 0.2) is 15.9 Å². The number of rotatable bonds is 8. The molecule has 0 saturated heterocycles. The third-order valence-electron chi connectivity index (χ3n) is 7.24. The smallest absolute Gasteiger partial charge is 0.329 e. The van der Waals surface area contributed by atoms with E-state index in [0.29, 0.717) is 22.3 Å². The monoisotopic (exact) mass is 643 g/mol. The fourth-order valence-electron chi connectivity index (χ4n) is 5.05. The van der Waals surface area contributed by atoms with E-state index in [2.05, 4.69) is 5.29 Å². The van der Waals surface area contributed by atoms with Crippen LogP contribution < -0.4 is 0 Å². The van der Waals surface area contributed by atoms with Gasteiger partial charge < -0.3 is 14.4 Å². The van der Waals surface area contributed by atoms with E-state index < -0.39 is 34.2 Å². The molecule has 222 valence electrons. The van der Waals surface area contributed by atoms with Gasteiger partial charge in [0.05, 0.1) is 32.1 Å². The molecule has 5 rings (SSSR count). The molecular weight excluding hydrogens is 621 g/mol. The summed E-state index contributed by atoms with van der Waals surface area (Å²) in [6.45, 7) is 0.406. The van der Waals surface area contributed by atoms with Crippen LogP contribution in [0.4, 0.5) is 0 Å². The van der Waals surface area contributed by atoms with E-state index in [-0.39, 0.29) is 56.5 Å². The van der Waals surface area contributed by atoms with Crippen LogP contribution in [-0.4, -0.2) is 60.1 Å². The van der Waals surface area contributed by atoms with Gasteiger partial charge in [-0.05, 0) is 59.5 Å². The highest BCUT2D eigenvalue weighted by atomic mass is 35.5. The summed E-state index contributed by atoms with van der Waals surface area (Å²) in [6, 6.07) is 12.1. The van der Waals surface area contributed by atoms with Gasteiger partial charge in [0, 0.05) is 36.7 Å². The maximum Gasteiger partial charge on any atom is 0.329 e. The number of nitrogens with zero attached hydrogens (tertiary/aromatic N) is 3. The molecule has 4 aromatic rings. The number of benzene rings is 3. The van der Waals surface area contributed by atoms with Gasteiger partial charge in [0.1, 0.15) is 5.58 Å². The molecule has 1 N–H and O–H groups in total. The molecule has 0 radical (unpaired) electrons. The average molecular weight is 644 g/mol. The van der Waals surface area contributed by atoms with Crippen molar-refractivity contribution in [1.82, 2.24) is 9.91 Å². The summed E-state index contributed by atoms with van der Waals surface area (Å²) >= 11 is 13.1. The van der Waals surface area contributed by atoms with Gasteiger partial charge in [0.25, 0.3) is 11.8 Å². The molecule has 2 heterocycles. The molecule has 0 saturated carbocycles. The van der Waals surface area contributed by atoms with Gasteiger partial charge in [0.2, 0.25) is 0 Å². The van der Waals surface area contributed by atoms with Gasteiger partial charge in [-0.3, -0.25) is 9.59 Å². The second kappa shape index (κ2) is 11.8. The lowest BCUT2D eigenvalue weighted by molar-refractivity contribution is -0.142. The maximum absolute atomic E-state index is 13.5. The van der Waals surface area contributed by atoms with E-state index in [1.807, 2.05) is 0 Å². The minimum absolute atomic E-state index is 0.0547. The van der Waals surface area contributed by atoms with Crippen LogP contribution in [0.15, 0.2) is 75.5 Å². The van der Waals surface area contributed by atoms with Crippen molar-refractivity contribution in [2.24, 2.45) is 5.29 Å². The minimum Gasteiger partial charge on any atom is -0.480 e. The van der Waals surface area contributed by atoms with Crippen LogP contribution in [0.2, 0.25) is 10.0 Å². The van der Waals surface area contributed by atoms with E-state index in [9.17, 15) is 32.8 Å². The number of carboxylic acids is 1. The van der Waals surface area contributed by atoms with Gasteiger partial charge in [-0.1, -0.05) is 41.4 Å². The second-order valence-electron chi connectivity index (χ2n) is 10.0. The summed E-state index contributed by atoms with van der Waals surface area (Å²) in [5.74, 6) is -2.92. The number of furan rings is 1. The van der Waals surface area contributed by atoms with E-state index in [0.717, 1.165) is 11.6 Å². The molecule has 1 aliphatic rings. The number of aliphatic carboxylic acids is 1. The normalized spacial score (nSPS) is 13.8. The molecule has 0 aliphatic carbocycles. The number of hydrogen-bond acceptors (Lipinski definition) is 8. The fourth-order valence-corrected chi connectivity index (χ4v) is 6.49. The van der Waals surface area contributed by atoms with Crippen molar-refractivity contribution < 1.29 is 32.3 Å². The Balaban J connectivity index is 1.41. The quantitative estimate of drug-likeness (QED) is 0.204. The zero-order valence-corrected chi connectivity index (χ0v) is 24.8. The molecule has 3 aromatic carbocycles. The number of hydrogen-bond donors (Lipinski definition) is 1. The van der Waals surface area contributed by atoms with E-state index in [4.69, 9.17) is 27.6 Å². The van der Waals surface area contributed by atoms with Crippen molar-refractivity contribution in [3.05, 3.63) is 104 Å². The Bertz CT molecular complexity index is 1910. The molecule has 1 aromatic heterocycles. The van der Waals surface area contributed by atoms with Gasteiger partial charge in [-0.25, -0.2) is 13.2 Å². The summed E-state index contributed by atoms with van der Waals surface area (Å²) in [4.78, 5) is 52.4. The summed E-state index contributed by atoms with van der Waals surface area (Å²) in [5.41, 5.74) is 2.07. The number of amides is 2. The van der Waals surface area contributed by atoms with Crippen LogP contribution in [0.5, 0.6) is 0 Å².